The van der Waals surface area contributed by atoms with Crippen LogP contribution in [0.25, 0.3) is 21.9 Å². The fourth-order valence-electron chi connectivity index (χ4n) is 3.20. The number of hydrogen-bond acceptors (Lipinski definition) is 3. The number of amides is 1. The van der Waals surface area contributed by atoms with Crippen LogP contribution in [-0.2, 0) is 0 Å². The number of aromatic amines is 2. The van der Waals surface area contributed by atoms with E-state index in [1.165, 1.54) is 12.1 Å². The van der Waals surface area contributed by atoms with Crippen molar-refractivity contribution >= 4 is 39.3 Å². The molecule has 4 N–H and O–H groups in total. The zero-order valence-electron chi connectivity index (χ0n) is 15.9. The number of ketones is 1. The van der Waals surface area contributed by atoms with Crippen molar-refractivity contribution in [3.63, 3.8) is 0 Å². The van der Waals surface area contributed by atoms with E-state index in [0.29, 0.717) is 16.9 Å². The van der Waals surface area contributed by atoms with Crippen molar-refractivity contribution in [1.82, 2.24) is 9.97 Å². The summed E-state index contributed by atoms with van der Waals surface area (Å²) >= 11 is 0. The lowest BCUT2D eigenvalue weighted by atomic mass is 9.89. The Hall–Kier alpha value is -3.54. The number of fused-ring (bicyclic) bond motifs is 3. The van der Waals surface area contributed by atoms with Crippen LogP contribution in [0.15, 0.2) is 48.5 Å². The van der Waals surface area contributed by atoms with Gasteiger partial charge in [0.1, 0.15) is 11.4 Å². The standard InChI is InChI=1S/C22H21N3O3/c1-22(2,3)19(27)18-11-16-15-9-6-13(10-17(15)24-20(16)25-18)23-21(28)12-4-7-14(26)8-5-12/h4-11,24-26H,1-3H3,(H,23,28). The molecule has 2 aromatic carbocycles. The van der Waals surface area contributed by atoms with Crippen LogP contribution in [-0.4, -0.2) is 26.8 Å². The molecule has 0 bridgehead atoms. The highest BCUT2D eigenvalue weighted by molar-refractivity contribution is 6.12. The van der Waals surface area contributed by atoms with Gasteiger partial charge in [-0.15, -0.1) is 0 Å². The van der Waals surface area contributed by atoms with E-state index < -0.39 is 5.41 Å². The third-order valence-electron chi connectivity index (χ3n) is 4.70. The second kappa shape index (κ2) is 6.27. The number of phenols is 1. The molecular weight excluding hydrogens is 354 g/mol. The van der Waals surface area contributed by atoms with E-state index in [0.717, 1.165) is 21.9 Å². The molecule has 0 unspecified atom stereocenters. The van der Waals surface area contributed by atoms with E-state index in [2.05, 4.69) is 15.3 Å². The molecular formula is C22H21N3O3. The molecule has 2 heterocycles. The van der Waals surface area contributed by atoms with Gasteiger partial charge >= 0.3 is 0 Å². The number of aromatic hydroxyl groups is 1. The van der Waals surface area contributed by atoms with Gasteiger partial charge in [-0.3, -0.25) is 9.59 Å². The smallest absolute Gasteiger partial charge is 0.255 e. The summed E-state index contributed by atoms with van der Waals surface area (Å²) in [5, 5.41) is 14.1. The summed E-state index contributed by atoms with van der Waals surface area (Å²) < 4.78 is 0. The first-order chi connectivity index (χ1) is 13.2. The van der Waals surface area contributed by atoms with Crippen molar-refractivity contribution in [3.8, 4) is 5.75 Å². The summed E-state index contributed by atoms with van der Waals surface area (Å²) in [7, 11) is 0. The highest BCUT2D eigenvalue weighted by atomic mass is 16.3. The second-order valence-electron chi connectivity index (χ2n) is 7.94. The predicted octanol–water partition coefficient (Wildman–Crippen LogP) is 4.84. The number of H-pyrrole nitrogens is 2. The van der Waals surface area contributed by atoms with Gasteiger partial charge in [0.15, 0.2) is 5.78 Å². The van der Waals surface area contributed by atoms with Crippen molar-refractivity contribution < 1.29 is 14.7 Å². The van der Waals surface area contributed by atoms with Crippen molar-refractivity contribution in [1.29, 1.82) is 0 Å². The quantitative estimate of drug-likeness (QED) is 0.386. The molecule has 0 saturated carbocycles. The molecule has 1 amide bonds. The van der Waals surface area contributed by atoms with E-state index in [1.54, 1.807) is 12.1 Å². The molecule has 0 spiro atoms. The van der Waals surface area contributed by atoms with Gasteiger partial charge in [0, 0.05) is 33.0 Å². The first-order valence-corrected chi connectivity index (χ1v) is 9.02. The molecule has 0 atom stereocenters. The van der Waals surface area contributed by atoms with Crippen LogP contribution in [0.4, 0.5) is 5.69 Å². The van der Waals surface area contributed by atoms with Crippen LogP contribution in [0.3, 0.4) is 0 Å². The van der Waals surface area contributed by atoms with Crippen LogP contribution in [0.5, 0.6) is 5.75 Å². The summed E-state index contributed by atoms with van der Waals surface area (Å²) in [5.74, 6) is -0.0821. The van der Waals surface area contributed by atoms with Gasteiger partial charge in [0.05, 0.1) is 5.69 Å². The molecule has 0 aliphatic rings. The van der Waals surface area contributed by atoms with Gasteiger partial charge in [-0.05, 0) is 42.5 Å². The number of nitrogens with one attached hydrogen (secondary N) is 3. The molecule has 0 saturated heterocycles. The number of anilines is 1. The molecule has 28 heavy (non-hydrogen) atoms. The summed E-state index contributed by atoms with van der Waals surface area (Å²) in [6.07, 6.45) is 0. The zero-order chi connectivity index (χ0) is 20.1. The van der Waals surface area contributed by atoms with Gasteiger partial charge in [0.25, 0.3) is 5.91 Å². The number of carbonyl (C=O) groups excluding carboxylic acids is 2. The summed E-state index contributed by atoms with van der Waals surface area (Å²) in [5.41, 5.74) is 2.89. The van der Waals surface area contributed by atoms with Gasteiger partial charge in [0.2, 0.25) is 0 Å². The minimum atomic E-state index is -0.455. The number of phenolic OH excluding ortho intramolecular Hbond substituents is 1. The number of carbonyl (C=O) groups is 2. The lowest BCUT2D eigenvalue weighted by Gasteiger charge is -2.14. The number of aromatic nitrogens is 2. The molecule has 0 aliphatic heterocycles. The molecule has 0 fully saturated rings. The second-order valence-corrected chi connectivity index (χ2v) is 7.94. The van der Waals surface area contributed by atoms with Gasteiger partial charge in [-0.2, -0.15) is 0 Å². The summed E-state index contributed by atoms with van der Waals surface area (Å²) in [6, 6.07) is 13.5. The monoisotopic (exact) mass is 375 g/mol. The van der Waals surface area contributed by atoms with Crippen molar-refractivity contribution in [3.05, 3.63) is 59.8 Å². The first-order valence-electron chi connectivity index (χ1n) is 9.02. The van der Waals surface area contributed by atoms with E-state index in [9.17, 15) is 14.7 Å². The molecule has 4 rings (SSSR count). The van der Waals surface area contributed by atoms with E-state index >= 15 is 0 Å². The Morgan fingerprint density at radius 2 is 1.64 bits per heavy atom. The number of rotatable bonds is 3. The van der Waals surface area contributed by atoms with Crippen LogP contribution >= 0.6 is 0 Å². The fourth-order valence-corrected chi connectivity index (χ4v) is 3.20. The van der Waals surface area contributed by atoms with Crippen LogP contribution < -0.4 is 5.32 Å². The highest BCUT2D eigenvalue weighted by Gasteiger charge is 2.25. The average Bonchev–Trinajstić information content (AvgIpc) is 3.18. The Morgan fingerprint density at radius 1 is 0.929 bits per heavy atom. The van der Waals surface area contributed by atoms with Gasteiger partial charge < -0.3 is 20.4 Å². The molecule has 142 valence electrons. The SMILES string of the molecule is CC(C)(C)C(=O)c1cc2c([nH]1)[nH]c1cc(NC(=O)c3ccc(O)cc3)ccc12. The number of Topliss-reactive ketones (excluding diaryl/α,β-unsaturated/α-hetero) is 1. The molecule has 6 heteroatoms. The third-order valence-corrected chi connectivity index (χ3v) is 4.70. The Morgan fingerprint density at radius 3 is 2.32 bits per heavy atom. The molecule has 2 aromatic heterocycles. The maximum atomic E-state index is 12.5. The largest absolute Gasteiger partial charge is 0.508 e. The summed E-state index contributed by atoms with van der Waals surface area (Å²) in [6.45, 7) is 5.68. The molecule has 4 aromatic rings. The Kier molecular flexibility index (Phi) is 4.00. The van der Waals surface area contributed by atoms with E-state index in [4.69, 9.17) is 0 Å². The first kappa shape index (κ1) is 17.9. The maximum Gasteiger partial charge on any atom is 0.255 e. The van der Waals surface area contributed by atoms with Crippen molar-refractivity contribution in [2.75, 3.05) is 5.32 Å². The highest BCUT2D eigenvalue weighted by Crippen LogP contribution is 2.30. The predicted molar refractivity (Wildman–Crippen MR) is 110 cm³/mol. The lowest BCUT2D eigenvalue weighted by Crippen LogP contribution is -2.20. The lowest BCUT2D eigenvalue weighted by molar-refractivity contribution is 0.0853. The number of benzene rings is 2. The molecule has 0 radical (unpaired) electrons. The van der Waals surface area contributed by atoms with Crippen molar-refractivity contribution in [2.45, 2.75) is 20.8 Å². The Labute approximate surface area is 161 Å². The van der Waals surface area contributed by atoms with Crippen LogP contribution in [0.2, 0.25) is 0 Å². The minimum Gasteiger partial charge on any atom is -0.508 e. The Bertz CT molecular complexity index is 1210. The maximum absolute atomic E-state index is 12.5. The van der Waals surface area contributed by atoms with Gasteiger partial charge in [-0.25, -0.2) is 0 Å². The third kappa shape index (κ3) is 3.13. The van der Waals surface area contributed by atoms with E-state index in [-0.39, 0.29) is 17.4 Å². The minimum absolute atomic E-state index is 0.0584. The van der Waals surface area contributed by atoms with Crippen molar-refractivity contribution in [2.24, 2.45) is 5.41 Å². The van der Waals surface area contributed by atoms with Crippen LogP contribution in [0.1, 0.15) is 41.6 Å². The Balaban J connectivity index is 1.63. The normalized spacial score (nSPS) is 11.8. The number of hydrogen-bond donors (Lipinski definition) is 4. The molecule has 0 aliphatic carbocycles. The van der Waals surface area contributed by atoms with E-state index in [1.807, 2.05) is 45.0 Å². The average molecular weight is 375 g/mol. The summed E-state index contributed by atoms with van der Waals surface area (Å²) in [4.78, 5) is 31.3. The zero-order valence-corrected chi connectivity index (χ0v) is 15.9. The van der Waals surface area contributed by atoms with Crippen LogP contribution in [0, 0.1) is 5.41 Å². The van der Waals surface area contributed by atoms with Gasteiger partial charge in [-0.1, -0.05) is 26.8 Å². The molecule has 6 nitrogen and oxygen atoms in total. The fraction of sp³-hybridized carbons (Fsp3) is 0.182. The topological polar surface area (TPSA) is 98.0 Å².